The summed E-state index contributed by atoms with van der Waals surface area (Å²) in [5.41, 5.74) is 3.43. The van der Waals surface area contributed by atoms with Crippen LogP contribution in [0.1, 0.15) is 49.8 Å². The second-order valence-corrected chi connectivity index (χ2v) is 5.75. The van der Waals surface area contributed by atoms with E-state index in [4.69, 9.17) is 0 Å². The van der Waals surface area contributed by atoms with Crippen LogP contribution < -0.4 is 0 Å². The Hall–Kier alpha value is -1.31. The van der Waals surface area contributed by atoms with E-state index in [-0.39, 0.29) is 0 Å². The highest BCUT2D eigenvalue weighted by Crippen LogP contribution is 2.31. The van der Waals surface area contributed by atoms with Crippen molar-refractivity contribution in [3.8, 4) is 0 Å². The van der Waals surface area contributed by atoms with Gasteiger partial charge in [0.15, 0.2) is 0 Å². The van der Waals surface area contributed by atoms with Gasteiger partial charge in [0.05, 0.1) is 5.41 Å². The molecule has 0 radical (unpaired) electrons. The van der Waals surface area contributed by atoms with Gasteiger partial charge < -0.3 is 5.11 Å². The van der Waals surface area contributed by atoms with E-state index in [1.807, 2.05) is 13.8 Å². The van der Waals surface area contributed by atoms with Crippen molar-refractivity contribution in [3.63, 3.8) is 0 Å². The van der Waals surface area contributed by atoms with E-state index >= 15 is 0 Å². The third-order valence-corrected chi connectivity index (χ3v) is 4.08. The van der Waals surface area contributed by atoms with Crippen molar-refractivity contribution in [1.29, 1.82) is 0 Å². The molecule has 0 fully saturated rings. The number of aryl methyl sites for hydroxylation is 2. The molecular formula is C16H22O2. The largest absolute Gasteiger partial charge is 0.481 e. The summed E-state index contributed by atoms with van der Waals surface area (Å²) in [6.45, 7) is 3.91. The van der Waals surface area contributed by atoms with E-state index in [1.54, 1.807) is 0 Å². The van der Waals surface area contributed by atoms with Crippen LogP contribution in [0.3, 0.4) is 0 Å². The first-order valence-electron chi connectivity index (χ1n) is 6.89. The van der Waals surface area contributed by atoms with E-state index < -0.39 is 11.4 Å². The molecule has 0 saturated heterocycles. The molecule has 1 aromatic rings. The Morgan fingerprint density at radius 3 is 2.72 bits per heavy atom. The molecule has 2 nitrogen and oxygen atoms in total. The highest BCUT2D eigenvalue weighted by molar-refractivity contribution is 5.74. The molecule has 1 N–H and O–H groups in total. The summed E-state index contributed by atoms with van der Waals surface area (Å²) < 4.78 is 0. The Balaban J connectivity index is 2.19. The van der Waals surface area contributed by atoms with E-state index in [0.29, 0.717) is 6.42 Å². The highest BCUT2D eigenvalue weighted by Gasteiger charge is 2.32. The summed E-state index contributed by atoms with van der Waals surface area (Å²) in [5, 5.41) is 9.42. The standard InChI is InChI=1S/C16H22O2/c1-3-9-16(2,15(17)18)11-12-7-8-13-5-4-6-14(13)10-12/h7-8,10H,3-6,9,11H2,1-2H3,(H,17,18). The highest BCUT2D eigenvalue weighted by atomic mass is 16.4. The second-order valence-electron chi connectivity index (χ2n) is 5.75. The predicted molar refractivity (Wildman–Crippen MR) is 72.8 cm³/mol. The molecule has 1 atom stereocenters. The maximum Gasteiger partial charge on any atom is 0.309 e. The van der Waals surface area contributed by atoms with Gasteiger partial charge in [0.25, 0.3) is 0 Å². The summed E-state index contributed by atoms with van der Waals surface area (Å²) in [6.07, 6.45) is 5.86. The van der Waals surface area contributed by atoms with Crippen molar-refractivity contribution in [2.75, 3.05) is 0 Å². The van der Waals surface area contributed by atoms with E-state index in [0.717, 1.165) is 19.3 Å². The third-order valence-electron chi connectivity index (χ3n) is 4.08. The van der Waals surface area contributed by atoms with E-state index in [1.165, 1.54) is 29.5 Å². The number of carboxylic acid groups (broad SMARTS) is 1. The molecule has 0 aliphatic heterocycles. The lowest BCUT2D eigenvalue weighted by molar-refractivity contribution is -0.148. The summed E-state index contributed by atoms with van der Waals surface area (Å²) in [7, 11) is 0. The summed E-state index contributed by atoms with van der Waals surface area (Å²) >= 11 is 0. The van der Waals surface area contributed by atoms with Gasteiger partial charge in [-0.1, -0.05) is 31.5 Å². The first-order chi connectivity index (χ1) is 8.55. The van der Waals surface area contributed by atoms with Crippen molar-refractivity contribution in [1.82, 2.24) is 0 Å². The average molecular weight is 246 g/mol. The number of benzene rings is 1. The maximum atomic E-state index is 11.4. The van der Waals surface area contributed by atoms with Crippen LogP contribution >= 0.6 is 0 Å². The SMILES string of the molecule is CCCC(C)(Cc1ccc2c(c1)CCC2)C(=O)O. The van der Waals surface area contributed by atoms with E-state index in [9.17, 15) is 9.90 Å². The molecule has 1 aliphatic rings. The minimum absolute atomic E-state index is 0.623. The Morgan fingerprint density at radius 1 is 1.33 bits per heavy atom. The third kappa shape index (κ3) is 2.58. The quantitative estimate of drug-likeness (QED) is 0.861. The molecule has 98 valence electrons. The van der Waals surface area contributed by atoms with Crippen LogP contribution in [-0.4, -0.2) is 11.1 Å². The van der Waals surface area contributed by atoms with Crippen molar-refractivity contribution in [2.45, 2.75) is 52.4 Å². The molecule has 0 saturated carbocycles. The Labute approximate surface area is 109 Å². The minimum Gasteiger partial charge on any atom is -0.481 e. The van der Waals surface area contributed by atoms with E-state index in [2.05, 4.69) is 18.2 Å². The smallest absolute Gasteiger partial charge is 0.309 e. The maximum absolute atomic E-state index is 11.4. The monoisotopic (exact) mass is 246 g/mol. The van der Waals surface area contributed by atoms with Gasteiger partial charge in [0.1, 0.15) is 0 Å². The van der Waals surface area contributed by atoms with Gasteiger partial charge in [-0.2, -0.15) is 0 Å². The topological polar surface area (TPSA) is 37.3 Å². The zero-order valence-corrected chi connectivity index (χ0v) is 11.3. The fourth-order valence-electron chi connectivity index (χ4n) is 3.01. The number of rotatable bonds is 5. The lowest BCUT2D eigenvalue weighted by atomic mass is 9.79. The molecule has 2 rings (SSSR count). The predicted octanol–water partition coefficient (Wildman–Crippen LogP) is 3.61. The molecule has 2 heteroatoms. The van der Waals surface area contributed by atoms with Gasteiger partial charge >= 0.3 is 5.97 Å². The zero-order valence-electron chi connectivity index (χ0n) is 11.3. The van der Waals surface area contributed by atoms with Gasteiger partial charge in [-0.15, -0.1) is 0 Å². The van der Waals surface area contributed by atoms with Crippen molar-refractivity contribution >= 4 is 5.97 Å². The molecule has 0 spiro atoms. The van der Waals surface area contributed by atoms with Gasteiger partial charge in [-0.3, -0.25) is 4.79 Å². The van der Waals surface area contributed by atoms with Gasteiger partial charge in [-0.05, 0) is 55.7 Å². The molecular weight excluding hydrogens is 224 g/mol. The first-order valence-corrected chi connectivity index (χ1v) is 6.89. The summed E-state index contributed by atoms with van der Waals surface area (Å²) in [4.78, 5) is 11.4. The number of aliphatic carboxylic acids is 1. The first kappa shape index (κ1) is 13.1. The molecule has 0 heterocycles. The fourth-order valence-corrected chi connectivity index (χ4v) is 3.01. The van der Waals surface area contributed by atoms with Gasteiger partial charge in [0.2, 0.25) is 0 Å². The van der Waals surface area contributed by atoms with Crippen LogP contribution in [0.25, 0.3) is 0 Å². The normalized spacial score (nSPS) is 17.2. The van der Waals surface area contributed by atoms with Crippen LogP contribution in [0.4, 0.5) is 0 Å². The molecule has 0 amide bonds. The Bertz CT molecular complexity index is 450. The average Bonchev–Trinajstić information content (AvgIpc) is 2.76. The molecule has 18 heavy (non-hydrogen) atoms. The number of hydrogen-bond acceptors (Lipinski definition) is 1. The van der Waals surface area contributed by atoms with Crippen LogP contribution in [0.5, 0.6) is 0 Å². The second kappa shape index (κ2) is 5.13. The molecule has 0 aromatic heterocycles. The van der Waals surface area contributed by atoms with Crippen LogP contribution in [0.15, 0.2) is 18.2 Å². The van der Waals surface area contributed by atoms with Crippen molar-refractivity contribution in [3.05, 3.63) is 34.9 Å². The summed E-state index contributed by atoms with van der Waals surface area (Å²) in [5.74, 6) is -0.676. The molecule has 1 unspecified atom stereocenters. The van der Waals surface area contributed by atoms with Gasteiger partial charge in [-0.25, -0.2) is 0 Å². The van der Waals surface area contributed by atoms with Gasteiger partial charge in [0, 0.05) is 0 Å². The molecule has 1 aliphatic carbocycles. The van der Waals surface area contributed by atoms with Crippen LogP contribution in [-0.2, 0) is 24.1 Å². The molecule has 0 bridgehead atoms. The number of carboxylic acids is 1. The lowest BCUT2D eigenvalue weighted by Gasteiger charge is -2.24. The molecule has 1 aromatic carbocycles. The summed E-state index contributed by atoms with van der Waals surface area (Å²) in [6, 6.07) is 6.52. The van der Waals surface area contributed by atoms with Crippen molar-refractivity contribution < 1.29 is 9.90 Å². The number of fused-ring (bicyclic) bond motifs is 1. The number of hydrogen-bond donors (Lipinski definition) is 1. The fraction of sp³-hybridized carbons (Fsp3) is 0.562. The van der Waals surface area contributed by atoms with Crippen LogP contribution in [0.2, 0.25) is 0 Å². The minimum atomic E-state index is -0.676. The lowest BCUT2D eigenvalue weighted by Crippen LogP contribution is -2.29. The Kier molecular flexibility index (Phi) is 3.74. The van der Waals surface area contributed by atoms with Crippen LogP contribution in [0, 0.1) is 5.41 Å². The number of carbonyl (C=O) groups is 1. The Morgan fingerprint density at radius 2 is 2.06 bits per heavy atom. The zero-order chi connectivity index (χ0) is 13.2. The van der Waals surface area contributed by atoms with Crippen molar-refractivity contribution in [2.24, 2.45) is 5.41 Å².